The zero-order valence-electron chi connectivity index (χ0n) is 11.6. The third kappa shape index (κ3) is 4.10. The number of halogens is 1. The van der Waals surface area contributed by atoms with Gasteiger partial charge in [-0.1, -0.05) is 11.8 Å². The minimum absolute atomic E-state index is 0.0615. The number of benzene rings is 1. The highest BCUT2D eigenvalue weighted by molar-refractivity contribution is 5.71. The lowest BCUT2D eigenvalue weighted by Crippen LogP contribution is -2.39. The maximum atomic E-state index is 12.7. The summed E-state index contributed by atoms with van der Waals surface area (Å²) in [5.41, 5.74) is 4.93. The summed E-state index contributed by atoms with van der Waals surface area (Å²) >= 11 is 0. The number of urea groups is 1. The second-order valence-electron chi connectivity index (χ2n) is 5.01. The van der Waals surface area contributed by atoms with E-state index in [0.717, 1.165) is 12.8 Å². The Hall–Kier alpha value is -2.26. The van der Waals surface area contributed by atoms with Crippen LogP contribution in [0.3, 0.4) is 0 Å². The summed E-state index contributed by atoms with van der Waals surface area (Å²) in [6, 6.07) is 4.32. The topological polar surface area (TPSA) is 75.8 Å². The number of hydroxylamine groups is 2. The average molecular weight is 292 g/mol. The van der Waals surface area contributed by atoms with Crippen LogP contribution in [0.15, 0.2) is 24.3 Å². The van der Waals surface area contributed by atoms with Gasteiger partial charge in [0.25, 0.3) is 0 Å². The van der Waals surface area contributed by atoms with E-state index in [1.807, 2.05) is 0 Å². The van der Waals surface area contributed by atoms with Crippen molar-refractivity contribution in [3.05, 3.63) is 30.1 Å². The first kappa shape index (κ1) is 15.1. The lowest BCUT2D eigenvalue weighted by molar-refractivity contribution is -0.0537. The van der Waals surface area contributed by atoms with E-state index in [2.05, 4.69) is 11.8 Å². The number of nitrogens with two attached hydrogens (primary N) is 1. The van der Waals surface area contributed by atoms with Crippen molar-refractivity contribution in [1.29, 1.82) is 0 Å². The zero-order valence-corrected chi connectivity index (χ0v) is 11.6. The molecule has 2 amide bonds. The third-order valence-corrected chi connectivity index (χ3v) is 3.30. The molecule has 0 bridgehead atoms. The van der Waals surface area contributed by atoms with Crippen LogP contribution in [0.5, 0.6) is 5.75 Å². The van der Waals surface area contributed by atoms with E-state index in [-0.39, 0.29) is 17.8 Å². The molecule has 1 aromatic rings. The molecule has 1 aliphatic rings. The average Bonchev–Trinajstić information content (AvgIpc) is 2.41. The molecule has 6 heteroatoms. The molecule has 3 N–H and O–H groups in total. The van der Waals surface area contributed by atoms with Gasteiger partial charge in [-0.2, -0.15) is 5.06 Å². The van der Waals surface area contributed by atoms with Crippen LogP contribution in [0.1, 0.15) is 19.8 Å². The van der Waals surface area contributed by atoms with Gasteiger partial charge in [-0.3, -0.25) is 5.21 Å². The molecule has 0 spiro atoms. The molecule has 0 saturated heterocycles. The molecule has 1 aromatic carbocycles. The Bertz CT molecular complexity index is 559. The smallest absolute Gasteiger partial charge is 0.339 e. The van der Waals surface area contributed by atoms with Crippen molar-refractivity contribution in [3.63, 3.8) is 0 Å². The van der Waals surface area contributed by atoms with Gasteiger partial charge in [0, 0.05) is 5.92 Å². The Kier molecular flexibility index (Phi) is 4.66. The van der Waals surface area contributed by atoms with E-state index in [1.165, 1.54) is 12.1 Å². The van der Waals surface area contributed by atoms with Gasteiger partial charge >= 0.3 is 6.03 Å². The molecule has 0 heterocycles. The highest BCUT2D eigenvalue weighted by atomic mass is 19.1. The van der Waals surface area contributed by atoms with Crippen molar-refractivity contribution in [2.45, 2.75) is 31.9 Å². The number of primary amides is 1. The van der Waals surface area contributed by atoms with Gasteiger partial charge < -0.3 is 10.5 Å². The summed E-state index contributed by atoms with van der Waals surface area (Å²) in [7, 11) is 0. The molecule has 1 aliphatic carbocycles. The Morgan fingerprint density at radius 2 is 2.10 bits per heavy atom. The maximum absolute atomic E-state index is 12.7. The maximum Gasteiger partial charge on any atom is 0.339 e. The van der Waals surface area contributed by atoms with Gasteiger partial charge in [0.05, 0.1) is 0 Å². The minimum Gasteiger partial charge on any atom is -0.490 e. The molecule has 1 saturated carbocycles. The lowest BCUT2D eigenvalue weighted by Gasteiger charge is -2.32. The summed E-state index contributed by atoms with van der Waals surface area (Å²) in [6.07, 6.45) is 1.59. The Labute approximate surface area is 122 Å². The monoisotopic (exact) mass is 292 g/mol. The standard InChI is InChI=1S/C15H17FN2O3/c1-10(18(20)15(17)19)2-3-11-8-14(9-11)21-13-6-4-12(16)5-7-13/h4-7,10-11,14,20H,8-9H2,1H3,(H2,17,19). The van der Waals surface area contributed by atoms with Gasteiger partial charge in [-0.25, -0.2) is 9.18 Å². The molecule has 21 heavy (non-hydrogen) atoms. The highest BCUT2D eigenvalue weighted by Gasteiger charge is 2.29. The van der Waals surface area contributed by atoms with E-state index in [0.29, 0.717) is 10.8 Å². The van der Waals surface area contributed by atoms with Crippen molar-refractivity contribution < 1.29 is 19.1 Å². The normalized spacial score (nSPS) is 21.5. The number of amides is 2. The van der Waals surface area contributed by atoms with Crippen LogP contribution in [0.2, 0.25) is 0 Å². The van der Waals surface area contributed by atoms with Crippen LogP contribution >= 0.6 is 0 Å². The van der Waals surface area contributed by atoms with Gasteiger partial charge in [0.2, 0.25) is 0 Å². The van der Waals surface area contributed by atoms with Gasteiger partial charge in [0.1, 0.15) is 23.7 Å². The number of carbonyl (C=O) groups excluding carboxylic acids is 1. The Morgan fingerprint density at radius 3 is 2.67 bits per heavy atom. The van der Waals surface area contributed by atoms with Gasteiger partial charge in [-0.15, -0.1) is 0 Å². The quantitative estimate of drug-likeness (QED) is 0.509. The molecule has 2 rings (SSSR count). The highest BCUT2D eigenvalue weighted by Crippen LogP contribution is 2.30. The summed E-state index contributed by atoms with van der Waals surface area (Å²) in [4.78, 5) is 10.7. The van der Waals surface area contributed by atoms with Crippen LogP contribution in [0, 0.1) is 23.6 Å². The van der Waals surface area contributed by atoms with Crippen LogP contribution in [-0.4, -0.2) is 28.4 Å². The van der Waals surface area contributed by atoms with Crippen molar-refractivity contribution in [3.8, 4) is 17.6 Å². The molecule has 1 fully saturated rings. The van der Waals surface area contributed by atoms with Crippen molar-refractivity contribution in [1.82, 2.24) is 5.06 Å². The summed E-state index contributed by atoms with van der Waals surface area (Å²) in [6.45, 7) is 1.59. The first-order valence-electron chi connectivity index (χ1n) is 6.66. The first-order chi connectivity index (χ1) is 9.95. The second kappa shape index (κ2) is 6.46. The van der Waals surface area contributed by atoms with Crippen LogP contribution in [0.25, 0.3) is 0 Å². The second-order valence-corrected chi connectivity index (χ2v) is 5.01. The van der Waals surface area contributed by atoms with Crippen LogP contribution in [-0.2, 0) is 0 Å². The fraction of sp³-hybridized carbons (Fsp3) is 0.400. The van der Waals surface area contributed by atoms with E-state index in [1.54, 1.807) is 19.1 Å². The van der Waals surface area contributed by atoms with Gasteiger partial charge in [-0.05, 0) is 44.0 Å². The lowest BCUT2D eigenvalue weighted by atomic mass is 9.82. The van der Waals surface area contributed by atoms with E-state index >= 15 is 0 Å². The SMILES string of the molecule is CC(C#CC1CC(Oc2ccc(F)cc2)C1)N(O)C(N)=O. The van der Waals surface area contributed by atoms with E-state index in [4.69, 9.17) is 10.5 Å². The van der Waals surface area contributed by atoms with Crippen LogP contribution in [0.4, 0.5) is 9.18 Å². The predicted molar refractivity (Wildman–Crippen MR) is 74.0 cm³/mol. The number of hydrogen-bond acceptors (Lipinski definition) is 3. The molecule has 1 unspecified atom stereocenters. The van der Waals surface area contributed by atoms with E-state index in [9.17, 15) is 14.4 Å². The fourth-order valence-corrected chi connectivity index (χ4v) is 1.98. The fourth-order valence-electron chi connectivity index (χ4n) is 1.98. The Balaban J connectivity index is 1.77. The molecule has 1 atom stereocenters. The summed E-state index contributed by atoms with van der Waals surface area (Å²) in [5, 5.41) is 9.67. The number of nitrogens with zero attached hydrogens (tertiary/aromatic N) is 1. The Morgan fingerprint density at radius 1 is 1.48 bits per heavy atom. The molecular formula is C15H17FN2O3. The number of rotatable bonds is 3. The first-order valence-corrected chi connectivity index (χ1v) is 6.66. The predicted octanol–water partition coefficient (Wildman–Crippen LogP) is 2.14. The van der Waals surface area contributed by atoms with Crippen molar-refractivity contribution >= 4 is 6.03 Å². The number of carbonyl (C=O) groups is 1. The molecule has 0 aliphatic heterocycles. The molecular weight excluding hydrogens is 275 g/mol. The molecule has 5 nitrogen and oxygen atoms in total. The van der Waals surface area contributed by atoms with Crippen molar-refractivity contribution in [2.24, 2.45) is 11.7 Å². The largest absolute Gasteiger partial charge is 0.490 e. The third-order valence-electron chi connectivity index (χ3n) is 3.30. The van der Waals surface area contributed by atoms with Crippen molar-refractivity contribution in [2.75, 3.05) is 0 Å². The number of hydrogen-bond donors (Lipinski definition) is 2. The van der Waals surface area contributed by atoms with Gasteiger partial charge in [0.15, 0.2) is 0 Å². The van der Waals surface area contributed by atoms with Crippen LogP contribution < -0.4 is 10.5 Å². The van der Waals surface area contributed by atoms with E-state index < -0.39 is 12.1 Å². The number of ether oxygens (including phenoxy) is 1. The minimum atomic E-state index is -0.928. The summed E-state index contributed by atoms with van der Waals surface area (Å²) in [5.74, 6) is 6.26. The molecule has 112 valence electrons. The summed E-state index contributed by atoms with van der Waals surface area (Å²) < 4.78 is 18.4. The zero-order chi connectivity index (χ0) is 15.4. The molecule has 0 radical (unpaired) electrons. The molecule has 0 aromatic heterocycles.